The molecule has 0 radical (unpaired) electrons. The maximum atomic E-state index is 12.6. The SMILES string of the molecule is FC(F)(F)c1cc(Br)cc2c1C=CC2. The van der Waals surface area contributed by atoms with Crippen molar-refractivity contribution in [3.63, 3.8) is 0 Å². The molecule has 1 aliphatic rings. The number of halogens is 4. The second-order valence-electron chi connectivity index (χ2n) is 3.13. The molecule has 4 heteroatoms. The fraction of sp³-hybridized carbons (Fsp3) is 0.200. The minimum atomic E-state index is -4.28. The standard InChI is InChI=1S/C10H6BrF3/c11-7-4-6-2-1-3-8(6)9(5-7)10(12,13)14/h1,3-5H,2H2. The Balaban J connectivity index is 2.65. The largest absolute Gasteiger partial charge is 0.417 e. The maximum absolute atomic E-state index is 12.6. The Bertz CT molecular complexity index is 405. The third-order valence-electron chi connectivity index (χ3n) is 2.16. The van der Waals surface area contributed by atoms with E-state index in [-0.39, 0.29) is 0 Å². The van der Waals surface area contributed by atoms with Crippen LogP contribution in [-0.4, -0.2) is 0 Å². The lowest BCUT2D eigenvalue weighted by Gasteiger charge is -2.12. The van der Waals surface area contributed by atoms with Crippen LogP contribution in [0.2, 0.25) is 0 Å². The molecule has 0 atom stereocenters. The highest BCUT2D eigenvalue weighted by Crippen LogP contribution is 2.38. The van der Waals surface area contributed by atoms with Gasteiger partial charge in [0, 0.05) is 4.47 Å². The van der Waals surface area contributed by atoms with E-state index in [0.29, 0.717) is 16.5 Å². The second kappa shape index (κ2) is 3.12. The first-order chi connectivity index (χ1) is 6.48. The summed E-state index contributed by atoms with van der Waals surface area (Å²) in [5, 5.41) is 0. The Labute approximate surface area is 87.6 Å². The van der Waals surface area contributed by atoms with Gasteiger partial charge in [0.2, 0.25) is 0 Å². The van der Waals surface area contributed by atoms with Gasteiger partial charge in [-0.3, -0.25) is 0 Å². The molecule has 0 aliphatic heterocycles. The fourth-order valence-electron chi connectivity index (χ4n) is 1.58. The van der Waals surface area contributed by atoms with Crippen molar-refractivity contribution in [2.75, 3.05) is 0 Å². The summed E-state index contributed by atoms with van der Waals surface area (Å²) in [7, 11) is 0. The van der Waals surface area contributed by atoms with Crippen LogP contribution in [0.15, 0.2) is 22.7 Å². The maximum Gasteiger partial charge on any atom is 0.417 e. The van der Waals surface area contributed by atoms with Crippen molar-refractivity contribution in [1.29, 1.82) is 0 Å². The van der Waals surface area contributed by atoms with Gasteiger partial charge in [-0.05, 0) is 29.7 Å². The average Bonchev–Trinajstić information content (AvgIpc) is 2.47. The van der Waals surface area contributed by atoms with E-state index in [0.717, 1.165) is 11.6 Å². The molecule has 0 bridgehead atoms. The minimum Gasteiger partial charge on any atom is -0.166 e. The van der Waals surface area contributed by atoms with E-state index in [1.807, 2.05) is 0 Å². The molecule has 14 heavy (non-hydrogen) atoms. The molecule has 0 aromatic heterocycles. The number of alkyl halides is 3. The Morgan fingerprint density at radius 1 is 1.21 bits per heavy atom. The summed E-state index contributed by atoms with van der Waals surface area (Å²) >= 11 is 3.08. The summed E-state index contributed by atoms with van der Waals surface area (Å²) in [6.07, 6.45) is -0.419. The van der Waals surface area contributed by atoms with Gasteiger partial charge in [0.25, 0.3) is 0 Å². The first kappa shape index (κ1) is 9.77. The zero-order chi connectivity index (χ0) is 10.3. The lowest BCUT2D eigenvalue weighted by atomic mass is 10.0. The van der Waals surface area contributed by atoms with E-state index in [4.69, 9.17) is 0 Å². The molecular weight excluding hydrogens is 257 g/mol. The highest BCUT2D eigenvalue weighted by molar-refractivity contribution is 9.10. The van der Waals surface area contributed by atoms with E-state index in [9.17, 15) is 13.2 Å². The first-order valence-corrected chi connectivity index (χ1v) is 4.84. The van der Waals surface area contributed by atoms with Crippen molar-refractivity contribution in [1.82, 2.24) is 0 Å². The third-order valence-corrected chi connectivity index (χ3v) is 2.62. The molecule has 0 unspecified atom stereocenters. The van der Waals surface area contributed by atoms with Crippen LogP contribution in [0.1, 0.15) is 16.7 Å². The topological polar surface area (TPSA) is 0 Å². The van der Waals surface area contributed by atoms with Crippen molar-refractivity contribution in [3.05, 3.63) is 39.4 Å². The third kappa shape index (κ3) is 1.59. The molecule has 0 amide bonds. The zero-order valence-electron chi connectivity index (χ0n) is 7.03. The average molecular weight is 263 g/mol. The normalized spacial score (nSPS) is 14.6. The number of rotatable bonds is 0. The van der Waals surface area contributed by atoms with Gasteiger partial charge in [0.1, 0.15) is 0 Å². The predicted octanol–water partition coefficient (Wildman–Crippen LogP) is 4.04. The molecule has 1 aromatic carbocycles. The molecule has 1 aliphatic carbocycles. The summed E-state index contributed by atoms with van der Waals surface area (Å²) in [4.78, 5) is 0. The summed E-state index contributed by atoms with van der Waals surface area (Å²) in [6, 6.07) is 2.85. The van der Waals surface area contributed by atoms with Crippen molar-refractivity contribution in [2.24, 2.45) is 0 Å². The Kier molecular flexibility index (Phi) is 2.18. The lowest BCUT2D eigenvalue weighted by molar-refractivity contribution is -0.137. The van der Waals surface area contributed by atoms with Crippen molar-refractivity contribution in [2.45, 2.75) is 12.6 Å². The molecule has 74 valence electrons. The molecule has 0 nitrogen and oxygen atoms in total. The predicted molar refractivity (Wildman–Crippen MR) is 51.9 cm³/mol. The zero-order valence-corrected chi connectivity index (χ0v) is 8.61. The molecule has 2 rings (SSSR count). The van der Waals surface area contributed by atoms with E-state index >= 15 is 0 Å². The summed E-state index contributed by atoms with van der Waals surface area (Å²) in [5.74, 6) is 0. The quantitative estimate of drug-likeness (QED) is 0.662. The van der Waals surface area contributed by atoms with Gasteiger partial charge in [-0.2, -0.15) is 13.2 Å². The second-order valence-corrected chi connectivity index (χ2v) is 4.05. The Hall–Kier alpha value is -0.770. The van der Waals surface area contributed by atoms with Crippen molar-refractivity contribution in [3.8, 4) is 0 Å². The van der Waals surface area contributed by atoms with Gasteiger partial charge in [-0.1, -0.05) is 28.1 Å². The van der Waals surface area contributed by atoms with Gasteiger partial charge >= 0.3 is 6.18 Å². The molecule has 0 fully saturated rings. The van der Waals surface area contributed by atoms with E-state index in [1.54, 1.807) is 12.1 Å². The molecule has 0 N–H and O–H groups in total. The summed E-state index contributed by atoms with van der Waals surface area (Å²) < 4.78 is 38.2. The number of allylic oxidation sites excluding steroid dienone is 1. The Morgan fingerprint density at radius 2 is 1.93 bits per heavy atom. The highest BCUT2D eigenvalue weighted by Gasteiger charge is 2.34. The van der Waals surface area contributed by atoms with E-state index in [2.05, 4.69) is 15.9 Å². The number of hydrogen-bond donors (Lipinski definition) is 0. The number of fused-ring (bicyclic) bond motifs is 1. The molecule has 0 spiro atoms. The van der Waals surface area contributed by atoms with Crippen LogP contribution >= 0.6 is 15.9 Å². The summed E-state index contributed by atoms with van der Waals surface area (Å²) in [5.41, 5.74) is 0.475. The summed E-state index contributed by atoms with van der Waals surface area (Å²) in [6.45, 7) is 0. The number of hydrogen-bond acceptors (Lipinski definition) is 0. The molecule has 0 heterocycles. The van der Waals surface area contributed by atoms with Crippen LogP contribution in [0.3, 0.4) is 0 Å². The van der Waals surface area contributed by atoms with Gasteiger partial charge in [0.05, 0.1) is 5.56 Å². The number of benzene rings is 1. The van der Waals surface area contributed by atoms with Gasteiger partial charge in [-0.25, -0.2) is 0 Å². The van der Waals surface area contributed by atoms with Gasteiger partial charge in [0.15, 0.2) is 0 Å². The van der Waals surface area contributed by atoms with Crippen molar-refractivity contribution < 1.29 is 13.2 Å². The van der Waals surface area contributed by atoms with Gasteiger partial charge < -0.3 is 0 Å². The Morgan fingerprint density at radius 3 is 2.57 bits per heavy atom. The smallest absolute Gasteiger partial charge is 0.166 e. The van der Waals surface area contributed by atoms with E-state index in [1.165, 1.54) is 6.08 Å². The lowest BCUT2D eigenvalue weighted by Crippen LogP contribution is -2.08. The van der Waals surface area contributed by atoms with E-state index < -0.39 is 11.7 Å². The monoisotopic (exact) mass is 262 g/mol. The van der Waals surface area contributed by atoms with Gasteiger partial charge in [-0.15, -0.1) is 0 Å². The van der Waals surface area contributed by atoms with Crippen LogP contribution in [0, 0.1) is 0 Å². The highest BCUT2D eigenvalue weighted by atomic mass is 79.9. The molecule has 0 saturated carbocycles. The molecule has 0 saturated heterocycles. The van der Waals surface area contributed by atoms with Crippen LogP contribution in [0.4, 0.5) is 13.2 Å². The molecular formula is C10H6BrF3. The van der Waals surface area contributed by atoms with Crippen LogP contribution < -0.4 is 0 Å². The first-order valence-electron chi connectivity index (χ1n) is 4.04. The van der Waals surface area contributed by atoms with Crippen LogP contribution in [-0.2, 0) is 12.6 Å². The minimum absolute atomic E-state index is 0.306. The molecule has 1 aromatic rings. The fourth-order valence-corrected chi connectivity index (χ4v) is 2.08. The van der Waals surface area contributed by atoms with Crippen LogP contribution in [0.5, 0.6) is 0 Å². The van der Waals surface area contributed by atoms with Crippen molar-refractivity contribution >= 4 is 22.0 Å². The van der Waals surface area contributed by atoms with Crippen LogP contribution in [0.25, 0.3) is 6.08 Å².